The zero-order valence-electron chi connectivity index (χ0n) is 21.5. The highest BCUT2D eigenvalue weighted by molar-refractivity contribution is 6.35. The van der Waals surface area contributed by atoms with E-state index in [4.69, 9.17) is 21.1 Å². The molecule has 8 heteroatoms. The number of anilines is 2. The summed E-state index contributed by atoms with van der Waals surface area (Å²) in [7, 11) is 0. The molecule has 198 valence electrons. The highest BCUT2D eigenvalue weighted by Crippen LogP contribution is 2.34. The minimum absolute atomic E-state index is 0.133. The van der Waals surface area contributed by atoms with Gasteiger partial charge in [-0.15, -0.1) is 0 Å². The summed E-state index contributed by atoms with van der Waals surface area (Å²) in [5, 5.41) is 0.133. The van der Waals surface area contributed by atoms with Gasteiger partial charge in [0.15, 0.2) is 5.78 Å². The third-order valence-corrected chi connectivity index (χ3v) is 6.98. The first-order valence-corrected chi connectivity index (χ1v) is 12.9. The lowest BCUT2D eigenvalue weighted by atomic mass is 9.83. The number of hydrogen-bond donors (Lipinski definition) is 0. The smallest absolute Gasteiger partial charge is 0.422 e. The summed E-state index contributed by atoms with van der Waals surface area (Å²) in [5.74, 6) is -0.831. The monoisotopic (exact) mass is 537 g/mol. The Bertz CT molecular complexity index is 1370. The van der Waals surface area contributed by atoms with E-state index in [9.17, 15) is 18.8 Å². The summed E-state index contributed by atoms with van der Waals surface area (Å²) in [4.78, 5) is 39.9. The Kier molecular flexibility index (Phi) is 8.47. The van der Waals surface area contributed by atoms with Crippen molar-refractivity contribution in [1.82, 2.24) is 0 Å². The quantitative estimate of drug-likeness (QED) is 0.167. The fourth-order valence-corrected chi connectivity index (χ4v) is 4.66. The maximum atomic E-state index is 13.9. The molecule has 1 fully saturated rings. The molecule has 0 bridgehead atoms. The van der Waals surface area contributed by atoms with Gasteiger partial charge in [-0.25, -0.2) is 14.1 Å². The molecule has 0 radical (unpaired) electrons. The Morgan fingerprint density at radius 2 is 1.71 bits per heavy atom. The topological polar surface area (TPSA) is 72.9 Å². The van der Waals surface area contributed by atoms with Gasteiger partial charge in [0.2, 0.25) is 6.29 Å². The number of esters is 1. The van der Waals surface area contributed by atoms with Crippen LogP contribution in [-0.2, 0) is 14.3 Å². The highest BCUT2D eigenvalue weighted by atomic mass is 35.5. The summed E-state index contributed by atoms with van der Waals surface area (Å²) < 4.78 is 24.6. The predicted molar refractivity (Wildman–Crippen MR) is 143 cm³/mol. The van der Waals surface area contributed by atoms with Gasteiger partial charge in [-0.3, -0.25) is 9.59 Å². The molecule has 3 aromatic rings. The number of benzene rings is 3. The summed E-state index contributed by atoms with van der Waals surface area (Å²) in [5.41, 5.74) is 2.71. The first-order chi connectivity index (χ1) is 18.1. The van der Waals surface area contributed by atoms with Crippen molar-refractivity contribution in [1.29, 1.82) is 0 Å². The van der Waals surface area contributed by atoms with Gasteiger partial charge in [0.1, 0.15) is 5.82 Å². The first kappa shape index (κ1) is 27.3. The fourth-order valence-electron chi connectivity index (χ4n) is 4.40. The van der Waals surface area contributed by atoms with E-state index < -0.39 is 24.2 Å². The van der Waals surface area contributed by atoms with Crippen LogP contribution in [0.25, 0.3) is 0 Å². The number of nitrogens with zero attached hydrogens (tertiary/aromatic N) is 1. The van der Waals surface area contributed by atoms with Gasteiger partial charge in [-0.2, -0.15) is 0 Å². The van der Waals surface area contributed by atoms with Crippen LogP contribution in [0.1, 0.15) is 59.7 Å². The normalized spacial score (nSPS) is 13.8. The minimum Gasteiger partial charge on any atom is -0.425 e. The van der Waals surface area contributed by atoms with Crippen molar-refractivity contribution in [2.45, 2.75) is 52.7 Å². The van der Waals surface area contributed by atoms with Crippen molar-refractivity contribution in [3.05, 3.63) is 93.8 Å². The van der Waals surface area contributed by atoms with Crippen molar-refractivity contribution in [3.8, 4) is 0 Å². The van der Waals surface area contributed by atoms with Gasteiger partial charge in [-0.1, -0.05) is 42.3 Å². The number of carbonyl (C=O) groups excluding carboxylic acids is 3. The van der Waals surface area contributed by atoms with Crippen LogP contribution >= 0.6 is 11.6 Å². The third-order valence-electron chi connectivity index (χ3n) is 6.67. The molecule has 4 rings (SSSR count). The van der Waals surface area contributed by atoms with Crippen LogP contribution in [0.4, 0.5) is 20.6 Å². The lowest BCUT2D eigenvalue weighted by Gasteiger charge is -2.27. The Morgan fingerprint density at radius 3 is 2.34 bits per heavy atom. The molecule has 1 saturated carbocycles. The van der Waals surface area contributed by atoms with Gasteiger partial charge in [0.05, 0.1) is 16.4 Å². The molecule has 1 amide bonds. The second-order valence-electron chi connectivity index (χ2n) is 9.52. The van der Waals surface area contributed by atoms with Crippen LogP contribution in [0.3, 0.4) is 0 Å². The number of halogens is 2. The fraction of sp³-hybridized carbons (Fsp3) is 0.300. The largest absolute Gasteiger partial charge is 0.425 e. The summed E-state index contributed by atoms with van der Waals surface area (Å²) in [6, 6.07) is 15.7. The molecule has 0 heterocycles. The zero-order chi connectivity index (χ0) is 27.4. The van der Waals surface area contributed by atoms with Gasteiger partial charge in [0.25, 0.3) is 0 Å². The Balaban J connectivity index is 1.61. The molecule has 0 saturated heterocycles. The van der Waals surface area contributed by atoms with E-state index in [0.29, 0.717) is 28.4 Å². The predicted octanol–water partition coefficient (Wildman–Crippen LogP) is 7.68. The van der Waals surface area contributed by atoms with Crippen LogP contribution in [0.15, 0.2) is 60.7 Å². The van der Waals surface area contributed by atoms with E-state index in [1.807, 2.05) is 19.1 Å². The number of ketones is 1. The van der Waals surface area contributed by atoms with Crippen molar-refractivity contribution in [2.75, 3.05) is 4.90 Å². The second kappa shape index (κ2) is 11.8. The van der Waals surface area contributed by atoms with E-state index in [1.54, 1.807) is 25.1 Å². The van der Waals surface area contributed by atoms with Crippen LogP contribution in [0, 0.1) is 25.6 Å². The molecule has 0 N–H and O–H groups in total. The van der Waals surface area contributed by atoms with Crippen LogP contribution in [0.5, 0.6) is 0 Å². The number of aryl methyl sites for hydroxylation is 2. The van der Waals surface area contributed by atoms with Gasteiger partial charge >= 0.3 is 12.1 Å². The number of rotatable bonds is 8. The number of ether oxygens (including phenoxy) is 2. The molecular weight excluding hydrogens is 509 g/mol. The van der Waals surface area contributed by atoms with Crippen molar-refractivity contribution < 1.29 is 28.2 Å². The molecule has 6 nitrogen and oxygen atoms in total. The molecule has 0 aliphatic heterocycles. The van der Waals surface area contributed by atoms with Crippen molar-refractivity contribution >= 4 is 40.8 Å². The van der Waals surface area contributed by atoms with Crippen LogP contribution in [-0.4, -0.2) is 24.1 Å². The second-order valence-corrected chi connectivity index (χ2v) is 9.92. The molecular formula is C30H29ClFNO5. The highest BCUT2D eigenvalue weighted by Gasteiger charge is 2.27. The summed E-state index contributed by atoms with van der Waals surface area (Å²) >= 11 is 6.54. The Morgan fingerprint density at radius 1 is 0.974 bits per heavy atom. The molecule has 1 aliphatic carbocycles. The van der Waals surface area contributed by atoms with Crippen molar-refractivity contribution in [3.63, 3.8) is 0 Å². The molecule has 1 unspecified atom stereocenters. The first-order valence-electron chi connectivity index (χ1n) is 12.5. The van der Waals surface area contributed by atoms with Crippen molar-refractivity contribution in [2.24, 2.45) is 5.92 Å². The standard InChI is InChI=1S/C30H29ClFNO5/c1-18-7-4-5-10-24(18)29(35)25-13-12-23(17-26(25)31)33(27-14-11-22(32)15-19(27)2)30(36)38-20(3)37-28(34)16-21-8-6-9-21/h4-5,7,10-15,17,20-21H,6,8-9,16H2,1-3H3. The Hall–Kier alpha value is -3.71. The average molecular weight is 538 g/mol. The molecule has 1 atom stereocenters. The zero-order valence-corrected chi connectivity index (χ0v) is 22.3. The minimum atomic E-state index is -1.14. The summed E-state index contributed by atoms with van der Waals surface area (Å²) in [6.07, 6.45) is 1.38. The SMILES string of the molecule is Cc1ccccc1C(=O)c1ccc(N(C(=O)OC(C)OC(=O)CC2CCC2)c2ccc(F)cc2C)cc1Cl. The van der Waals surface area contributed by atoms with Gasteiger partial charge < -0.3 is 9.47 Å². The van der Waals surface area contributed by atoms with E-state index in [0.717, 1.165) is 24.8 Å². The lowest BCUT2D eigenvalue weighted by molar-refractivity contribution is -0.166. The molecule has 38 heavy (non-hydrogen) atoms. The average Bonchev–Trinajstić information content (AvgIpc) is 2.83. The molecule has 0 spiro atoms. The lowest BCUT2D eigenvalue weighted by Crippen LogP contribution is -2.32. The maximum Gasteiger partial charge on any atom is 0.422 e. The maximum absolute atomic E-state index is 13.9. The van der Waals surface area contributed by atoms with E-state index in [1.165, 1.54) is 42.2 Å². The van der Waals surface area contributed by atoms with E-state index in [2.05, 4.69) is 0 Å². The number of hydrogen-bond acceptors (Lipinski definition) is 5. The molecule has 3 aromatic carbocycles. The van der Waals surface area contributed by atoms with E-state index in [-0.39, 0.29) is 22.8 Å². The van der Waals surface area contributed by atoms with Gasteiger partial charge in [-0.05, 0) is 80.1 Å². The molecule has 0 aromatic heterocycles. The molecule has 1 aliphatic rings. The van der Waals surface area contributed by atoms with E-state index >= 15 is 0 Å². The summed E-state index contributed by atoms with van der Waals surface area (Å²) in [6.45, 7) is 4.95. The number of amides is 1. The third kappa shape index (κ3) is 6.22. The Labute approximate surface area is 226 Å². The van der Waals surface area contributed by atoms with Gasteiger partial charge in [0, 0.05) is 24.5 Å². The number of carbonyl (C=O) groups is 3. The van der Waals surface area contributed by atoms with Crippen LogP contribution in [0.2, 0.25) is 5.02 Å². The van der Waals surface area contributed by atoms with Crippen LogP contribution < -0.4 is 4.90 Å².